The van der Waals surface area contributed by atoms with Crippen LogP contribution in [0.4, 0.5) is 8.78 Å². The lowest BCUT2D eigenvalue weighted by molar-refractivity contribution is -0.130. The van der Waals surface area contributed by atoms with E-state index < -0.39 is 17.7 Å². The molecule has 0 radical (unpaired) electrons. The van der Waals surface area contributed by atoms with E-state index in [1.807, 2.05) is 18.2 Å². The Morgan fingerprint density at radius 1 is 1.13 bits per heavy atom. The number of fused-ring (bicyclic) bond motifs is 1. The molecule has 0 saturated carbocycles. The van der Waals surface area contributed by atoms with Crippen LogP contribution in [0.3, 0.4) is 0 Å². The third-order valence-corrected chi connectivity index (χ3v) is 6.15. The molecule has 1 aliphatic heterocycles. The molecule has 2 aromatic carbocycles. The van der Waals surface area contributed by atoms with Crippen LogP contribution >= 0.6 is 0 Å². The number of carbonyl (C=O) groups is 2. The lowest BCUT2D eigenvalue weighted by atomic mass is 9.91. The van der Waals surface area contributed by atoms with E-state index in [0.29, 0.717) is 43.5 Å². The molecule has 0 bridgehead atoms. The van der Waals surface area contributed by atoms with Gasteiger partial charge in [-0.15, -0.1) is 0 Å². The van der Waals surface area contributed by atoms with Gasteiger partial charge in [-0.25, -0.2) is 8.78 Å². The van der Waals surface area contributed by atoms with Crippen LogP contribution in [-0.2, 0) is 11.2 Å². The molecule has 5 nitrogen and oxygen atoms in total. The molecule has 1 saturated heterocycles. The van der Waals surface area contributed by atoms with Crippen LogP contribution < -0.4 is 11.1 Å². The topological polar surface area (TPSA) is 75.4 Å². The number of halogens is 2. The molecule has 2 amide bonds. The van der Waals surface area contributed by atoms with Crippen molar-refractivity contribution in [3.05, 3.63) is 70.8 Å². The number of likely N-dealkylation sites (tertiary alicyclic amines) is 1. The molecule has 2 aliphatic rings. The highest BCUT2D eigenvalue weighted by Crippen LogP contribution is 2.37. The fourth-order valence-corrected chi connectivity index (χ4v) is 4.51. The number of benzene rings is 2. The summed E-state index contributed by atoms with van der Waals surface area (Å²) in [5.41, 5.74) is 8.38. The van der Waals surface area contributed by atoms with E-state index in [2.05, 4.69) is 5.32 Å². The first-order chi connectivity index (χ1) is 14.4. The molecular formula is C23H25F2N3O2. The number of hydrogen-bond donors (Lipinski definition) is 2. The zero-order valence-corrected chi connectivity index (χ0v) is 16.6. The maximum absolute atomic E-state index is 13.7. The molecule has 3 N–H and O–H groups in total. The number of amides is 2. The summed E-state index contributed by atoms with van der Waals surface area (Å²) in [7, 11) is 0. The minimum atomic E-state index is -0.879. The zero-order valence-electron chi connectivity index (χ0n) is 16.6. The molecule has 4 rings (SSSR count). The molecule has 3 unspecified atom stereocenters. The highest BCUT2D eigenvalue weighted by atomic mass is 19.2. The average molecular weight is 413 g/mol. The second-order valence-corrected chi connectivity index (χ2v) is 8.14. The van der Waals surface area contributed by atoms with Crippen molar-refractivity contribution in [3.63, 3.8) is 0 Å². The molecule has 3 atom stereocenters. The molecule has 1 heterocycles. The number of nitrogens with one attached hydrogen (secondary N) is 1. The molecule has 30 heavy (non-hydrogen) atoms. The summed E-state index contributed by atoms with van der Waals surface area (Å²) >= 11 is 0. The summed E-state index contributed by atoms with van der Waals surface area (Å²) in [6.07, 6.45) is 2.15. The van der Waals surface area contributed by atoms with Crippen molar-refractivity contribution in [1.82, 2.24) is 10.2 Å². The fraction of sp³-hybridized carbons (Fsp3) is 0.391. The number of aryl methyl sites for hydroxylation is 1. The van der Waals surface area contributed by atoms with Crippen molar-refractivity contribution in [1.29, 1.82) is 0 Å². The molecule has 7 heteroatoms. The van der Waals surface area contributed by atoms with Crippen molar-refractivity contribution in [2.24, 2.45) is 5.73 Å². The van der Waals surface area contributed by atoms with E-state index in [1.54, 1.807) is 17.0 Å². The number of rotatable bonds is 5. The Labute approximate surface area is 174 Å². The van der Waals surface area contributed by atoms with Gasteiger partial charge in [-0.05, 0) is 54.7 Å². The van der Waals surface area contributed by atoms with Gasteiger partial charge < -0.3 is 16.0 Å². The van der Waals surface area contributed by atoms with Crippen LogP contribution in [-0.4, -0.2) is 41.9 Å². The predicted molar refractivity (Wildman–Crippen MR) is 109 cm³/mol. The number of carbonyl (C=O) groups excluding carboxylic acids is 2. The van der Waals surface area contributed by atoms with Crippen LogP contribution in [0.15, 0.2) is 42.5 Å². The Bertz CT molecular complexity index is 951. The Morgan fingerprint density at radius 3 is 2.63 bits per heavy atom. The zero-order chi connectivity index (χ0) is 21.3. The highest BCUT2D eigenvalue weighted by molar-refractivity contribution is 5.94. The average Bonchev–Trinajstić information content (AvgIpc) is 3.36. The minimum absolute atomic E-state index is 0.0741. The summed E-state index contributed by atoms with van der Waals surface area (Å²) < 4.78 is 27.1. The maximum atomic E-state index is 13.7. The Morgan fingerprint density at radius 2 is 1.87 bits per heavy atom. The SMILES string of the molecule is NC(CC(=O)N1CCC(NC(=O)c2ccccc2)C1)C1CCc2cc(F)c(F)cc21. The quantitative estimate of drug-likeness (QED) is 0.792. The van der Waals surface area contributed by atoms with Crippen LogP contribution in [0, 0.1) is 11.6 Å². The van der Waals surface area contributed by atoms with Gasteiger partial charge in [0.15, 0.2) is 11.6 Å². The normalized spacial score (nSPS) is 21.4. The first-order valence-corrected chi connectivity index (χ1v) is 10.3. The predicted octanol–water partition coefficient (Wildman–Crippen LogP) is 2.74. The van der Waals surface area contributed by atoms with Crippen molar-refractivity contribution in [2.45, 2.75) is 43.7 Å². The van der Waals surface area contributed by atoms with Gasteiger partial charge in [0.2, 0.25) is 5.91 Å². The fourth-order valence-electron chi connectivity index (χ4n) is 4.51. The van der Waals surface area contributed by atoms with Crippen molar-refractivity contribution < 1.29 is 18.4 Å². The van der Waals surface area contributed by atoms with Gasteiger partial charge in [0.1, 0.15) is 0 Å². The van der Waals surface area contributed by atoms with Gasteiger partial charge >= 0.3 is 0 Å². The first-order valence-electron chi connectivity index (χ1n) is 10.3. The Balaban J connectivity index is 1.32. The van der Waals surface area contributed by atoms with E-state index in [1.165, 1.54) is 12.1 Å². The van der Waals surface area contributed by atoms with Crippen LogP contribution in [0.1, 0.15) is 46.7 Å². The molecule has 158 valence electrons. The van der Waals surface area contributed by atoms with Crippen LogP contribution in [0.5, 0.6) is 0 Å². The van der Waals surface area contributed by atoms with Crippen LogP contribution in [0.25, 0.3) is 0 Å². The standard InChI is InChI=1S/C23H25F2N3O2/c24-19-10-15-6-7-17(18(15)11-20(19)25)21(26)12-22(29)28-9-8-16(13-28)27-23(30)14-4-2-1-3-5-14/h1-5,10-11,16-17,21H,6-9,12-13,26H2,(H,27,30). The largest absolute Gasteiger partial charge is 0.347 e. The summed E-state index contributed by atoms with van der Waals surface area (Å²) in [6, 6.07) is 10.9. The summed E-state index contributed by atoms with van der Waals surface area (Å²) in [5.74, 6) is -2.11. The molecule has 1 aliphatic carbocycles. The summed E-state index contributed by atoms with van der Waals surface area (Å²) in [5, 5.41) is 2.97. The number of nitrogens with two attached hydrogens (primary N) is 1. The van der Waals surface area contributed by atoms with Gasteiger partial charge in [0, 0.05) is 43.1 Å². The molecule has 1 fully saturated rings. The summed E-state index contributed by atoms with van der Waals surface area (Å²) in [6.45, 7) is 1.01. The van der Waals surface area contributed by atoms with Crippen molar-refractivity contribution >= 4 is 11.8 Å². The van der Waals surface area contributed by atoms with E-state index in [4.69, 9.17) is 5.73 Å². The second kappa shape index (κ2) is 8.52. The van der Waals surface area contributed by atoms with E-state index in [0.717, 1.165) is 5.56 Å². The Hall–Kier alpha value is -2.80. The molecule has 0 spiro atoms. The Kier molecular flexibility index (Phi) is 5.81. The minimum Gasteiger partial charge on any atom is -0.347 e. The van der Waals surface area contributed by atoms with Crippen LogP contribution in [0.2, 0.25) is 0 Å². The van der Waals surface area contributed by atoms with Crippen molar-refractivity contribution in [3.8, 4) is 0 Å². The third kappa shape index (κ3) is 4.21. The molecule has 2 aromatic rings. The molecule has 0 aromatic heterocycles. The lowest BCUT2D eigenvalue weighted by Crippen LogP contribution is -2.40. The van der Waals surface area contributed by atoms with Gasteiger partial charge in [-0.1, -0.05) is 18.2 Å². The van der Waals surface area contributed by atoms with Gasteiger partial charge in [0.25, 0.3) is 5.91 Å². The lowest BCUT2D eigenvalue weighted by Gasteiger charge is -2.23. The van der Waals surface area contributed by atoms with Crippen molar-refractivity contribution in [2.75, 3.05) is 13.1 Å². The number of hydrogen-bond acceptors (Lipinski definition) is 3. The third-order valence-electron chi connectivity index (χ3n) is 6.15. The van der Waals surface area contributed by atoms with Gasteiger partial charge in [-0.3, -0.25) is 9.59 Å². The molecular weight excluding hydrogens is 388 g/mol. The van der Waals surface area contributed by atoms with E-state index in [-0.39, 0.29) is 30.2 Å². The van der Waals surface area contributed by atoms with E-state index >= 15 is 0 Å². The maximum Gasteiger partial charge on any atom is 0.251 e. The highest BCUT2D eigenvalue weighted by Gasteiger charge is 2.33. The van der Waals surface area contributed by atoms with Gasteiger partial charge in [0.05, 0.1) is 0 Å². The summed E-state index contributed by atoms with van der Waals surface area (Å²) in [4.78, 5) is 26.8. The smallest absolute Gasteiger partial charge is 0.251 e. The van der Waals surface area contributed by atoms with Gasteiger partial charge in [-0.2, -0.15) is 0 Å². The monoisotopic (exact) mass is 413 g/mol. The second-order valence-electron chi connectivity index (χ2n) is 8.14. The van der Waals surface area contributed by atoms with E-state index in [9.17, 15) is 18.4 Å². The first kappa shape index (κ1) is 20.5. The number of nitrogens with zero attached hydrogens (tertiary/aromatic N) is 1.